The van der Waals surface area contributed by atoms with E-state index in [4.69, 9.17) is 4.74 Å². The average molecular weight is 344 g/mol. The van der Waals surface area contributed by atoms with Crippen LogP contribution in [0.25, 0.3) is 0 Å². The van der Waals surface area contributed by atoms with Crippen molar-refractivity contribution in [1.29, 1.82) is 0 Å². The number of nitrogens with one attached hydrogen (secondary N) is 1. The molecule has 0 radical (unpaired) electrons. The molecule has 130 valence electrons. The zero-order valence-electron chi connectivity index (χ0n) is 13.7. The fourth-order valence-corrected chi connectivity index (χ4v) is 3.95. The molecular formula is C16H25FN2O3S. The molecule has 23 heavy (non-hydrogen) atoms. The van der Waals surface area contributed by atoms with Gasteiger partial charge in [0.15, 0.2) is 0 Å². The van der Waals surface area contributed by atoms with Crippen molar-refractivity contribution >= 4 is 15.7 Å². The van der Waals surface area contributed by atoms with Gasteiger partial charge in [0.25, 0.3) is 0 Å². The lowest BCUT2D eigenvalue weighted by Gasteiger charge is -2.29. The molecule has 0 unspecified atom stereocenters. The van der Waals surface area contributed by atoms with Crippen LogP contribution < -0.4 is 9.62 Å². The van der Waals surface area contributed by atoms with E-state index in [9.17, 15) is 12.8 Å². The smallest absolute Gasteiger partial charge is 0.212 e. The highest BCUT2D eigenvalue weighted by atomic mass is 32.2. The predicted molar refractivity (Wildman–Crippen MR) is 89.5 cm³/mol. The summed E-state index contributed by atoms with van der Waals surface area (Å²) in [4.78, 5) is 1.94. The first-order valence-electron chi connectivity index (χ1n) is 7.99. The number of ether oxygens (including phenoxy) is 1. The number of rotatable bonds is 7. The zero-order chi connectivity index (χ0) is 16.9. The number of benzene rings is 1. The van der Waals surface area contributed by atoms with Gasteiger partial charge in [0.2, 0.25) is 10.0 Å². The van der Waals surface area contributed by atoms with Crippen molar-refractivity contribution in [2.45, 2.75) is 26.8 Å². The minimum atomic E-state index is -3.33. The van der Waals surface area contributed by atoms with E-state index in [1.807, 2.05) is 18.7 Å². The molecular weight excluding hydrogens is 319 g/mol. The summed E-state index contributed by atoms with van der Waals surface area (Å²) in [6.45, 7) is 6.48. The molecule has 7 heteroatoms. The molecule has 1 aliphatic heterocycles. The highest BCUT2D eigenvalue weighted by Crippen LogP contribution is 2.21. The Balaban J connectivity index is 1.97. The molecule has 1 aromatic rings. The first-order valence-corrected chi connectivity index (χ1v) is 9.65. The Labute approximate surface area is 137 Å². The van der Waals surface area contributed by atoms with E-state index in [1.54, 1.807) is 12.1 Å². The summed E-state index contributed by atoms with van der Waals surface area (Å²) in [5, 5.41) is 0. The van der Waals surface area contributed by atoms with Crippen LogP contribution in [0.5, 0.6) is 0 Å². The molecule has 1 atom stereocenters. The van der Waals surface area contributed by atoms with Crippen molar-refractivity contribution < 1.29 is 17.5 Å². The van der Waals surface area contributed by atoms with Crippen LogP contribution in [-0.2, 0) is 21.3 Å². The Kier molecular flexibility index (Phi) is 6.38. The zero-order valence-corrected chi connectivity index (χ0v) is 14.5. The van der Waals surface area contributed by atoms with Crippen LogP contribution in [-0.4, -0.2) is 40.5 Å². The second-order valence-corrected chi connectivity index (χ2v) is 7.85. The van der Waals surface area contributed by atoms with Gasteiger partial charge in [0.05, 0.1) is 24.7 Å². The summed E-state index contributed by atoms with van der Waals surface area (Å²) < 4.78 is 45.9. The van der Waals surface area contributed by atoms with E-state index in [0.717, 1.165) is 6.42 Å². The molecule has 0 bridgehead atoms. The summed E-state index contributed by atoms with van der Waals surface area (Å²) in [6.07, 6.45) is 0.809. The Morgan fingerprint density at radius 1 is 1.35 bits per heavy atom. The van der Waals surface area contributed by atoms with Crippen molar-refractivity contribution in [3.63, 3.8) is 0 Å². The highest BCUT2D eigenvalue weighted by molar-refractivity contribution is 7.89. The van der Waals surface area contributed by atoms with Crippen LogP contribution in [0.2, 0.25) is 0 Å². The summed E-state index contributed by atoms with van der Waals surface area (Å²) >= 11 is 0. The monoisotopic (exact) mass is 344 g/mol. The van der Waals surface area contributed by atoms with E-state index < -0.39 is 10.0 Å². The third kappa shape index (κ3) is 5.44. The second kappa shape index (κ2) is 8.08. The van der Waals surface area contributed by atoms with Crippen molar-refractivity contribution in [2.24, 2.45) is 5.92 Å². The van der Waals surface area contributed by atoms with E-state index in [0.29, 0.717) is 37.6 Å². The Morgan fingerprint density at radius 2 is 2.04 bits per heavy atom. The number of hydrogen-bond donors (Lipinski definition) is 1. The van der Waals surface area contributed by atoms with Crippen molar-refractivity contribution in [1.82, 2.24) is 4.72 Å². The second-order valence-electron chi connectivity index (χ2n) is 6.00. The maximum absolute atomic E-state index is 14.3. The van der Waals surface area contributed by atoms with Crippen LogP contribution in [0.4, 0.5) is 10.1 Å². The first-order chi connectivity index (χ1) is 10.9. The van der Waals surface area contributed by atoms with Gasteiger partial charge in [-0.15, -0.1) is 0 Å². The lowest BCUT2D eigenvalue weighted by Crippen LogP contribution is -2.36. The third-order valence-electron chi connectivity index (χ3n) is 4.06. The Bertz CT molecular complexity index is 616. The molecule has 1 aromatic carbocycles. The maximum Gasteiger partial charge on any atom is 0.212 e. The van der Waals surface area contributed by atoms with Crippen LogP contribution >= 0.6 is 0 Å². The van der Waals surface area contributed by atoms with E-state index in [1.165, 1.54) is 6.07 Å². The largest absolute Gasteiger partial charge is 0.378 e. The number of anilines is 1. The van der Waals surface area contributed by atoms with Crippen molar-refractivity contribution in [3.8, 4) is 0 Å². The first kappa shape index (κ1) is 18.2. The maximum atomic E-state index is 14.3. The topological polar surface area (TPSA) is 58.6 Å². The van der Waals surface area contributed by atoms with Gasteiger partial charge in [-0.05, 0) is 23.6 Å². The van der Waals surface area contributed by atoms with Gasteiger partial charge >= 0.3 is 0 Å². The molecule has 1 saturated heterocycles. The molecule has 0 aromatic heterocycles. The summed E-state index contributed by atoms with van der Waals surface area (Å²) in [6, 6.07) is 4.87. The number of sulfonamides is 1. The average Bonchev–Trinajstić information content (AvgIpc) is 2.53. The van der Waals surface area contributed by atoms with E-state index in [-0.39, 0.29) is 24.0 Å². The lowest BCUT2D eigenvalue weighted by molar-refractivity contribution is 0.122. The van der Waals surface area contributed by atoms with Gasteiger partial charge in [-0.2, -0.15) is 0 Å². The van der Waals surface area contributed by atoms with Crippen LogP contribution in [0.1, 0.15) is 25.8 Å². The van der Waals surface area contributed by atoms with Gasteiger partial charge in [-0.1, -0.05) is 26.3 Å². The Hall–Kier alpha value is -1.18. The van der Waals surface area contributed by atoms with Crippen LogP contribution in [0.15, 0.2) is 18.2 Å². The summed E-state index contributed by atoms with van der Waals surface area (Å²) in [5.74, 6) is -0.129. The standard InChI is InChI=1S/C16H25FN2O3S/c1-3-13(2)12-23(20,21)18-11-14-4-5-16(15(17)10-14)19-6-8-22-9-7-19/h4-5,10,13,18H,3,6-9,11-12H2,1-2H3/t13-/m1/s1. The number of morpholine rings is 1. The highest BCUT2D eigenvalue weighted by Gasteiger charge is 2.17. The van der Waals surface area contributed by atoms with Crippen LogP contribution in [0, 0.1) is 11.7 Å². The van der Waals surface area contributed by atoms with Gasteiger partial charge < -0.3 is 9.64 Å². The number of hydrogen-bond acceptors (Lipinski definition) is 4. The normalized spacial score (nSPS) is 17.3. The fraction of sp³-hybridized carbons (Fsp3) is 0.625. The van der Waals surface area contributed by atoms with Gasteiger partial charge in [0, 0.05) is 19.6 Å². The van der Waals surface area contributed by atoms with Gasteiger partial charge in [-0.3, -0.25) is 0 Å². The molecule has 1 fully saturated rings. The van der Waals surface area contributed by atoms with Crippen LogP contribution in [0.3, 0.4) is 0 Å². The predicted octanol–water partition coefficient (Wildman–Crippen LogP) is 2.13. The van der Waals surface area contributed by atoms with Gasteiger partial charge in [0.1, 0.15) is 5.82 Å². The molecule has 5 nitrogen and oxygen atoms in total. The minimum absolute atomic E-state index is 0.0951. The van der Waals surface area contributed by atoms with E-state index in [2.05, 4.69) is 4.72 Å². The molecule has 0 amide bonds. The molecule has 1 N–H and O–H groups in total. The summed E-state index contributed by atoms with van der Waals surface area (Å²) in [5.41, 5.74) is 1.16. The summed E-state index contributed by atoms with van der Waals surface area (Å²) in [7, 11) is -3.33. The molecule has 0 saturated carbocycles. The third-order valence-corrected chi connectivity index (χ3v) is 5.65. The molecule has 1 aliphatic rings. The van der Waals surface area contributed by atoms with Gasteiger partial charge in [-0.25, -0.2) is 17.5 Å². The fourth-order valence-electron chi connectivity index (χ4n) is 2.47. The van der Waals surface area contributed by atoms with Crippen molar-refractivity contribution in [2.75, 3.05) is 37.0 Å². The molecule has 1 heterocycles. The quantitative estimate of drug-likeness (QED) is 0.823. The number of halogens is 1. The minimum Gasteiger partial charge on any atom is -0.378 e. The molecule has 0 spiro atoms. The van der Waals surface area contributed by atoms with Crippen molar-refractivity contribution in [3.05, 3.63) is 29.6 Å². The Morgan fingerprint density at radius 3 is 2.65 bits per heavy atom. The molecule has 2 rings (SSSR count). The van der Waals surface area contributed by atoms with E-state index >= 15 is 0 Å². The SMILES string of the molecule is CC[C@@H](C)CS(=O)(=O)NCc1ccc(N2CCOCC2)c(F)c1. The lowest BCUT2D eigenvalue weighted by atomic mass is 10.2. The number of nitrogens with zero attached hydrogens (tertiary/aromatic N) is 1. The molecule has 0 aliphatic carbocycles.